The average molecular weight is 782 g/mol. The van der Waals surface area contributed by atoms with Crippen molar-refractivity contribution in [3.63, 3.8) is 0 Å². The number of amides is 4. The van der Waals surface area contributed by atoms with E-state index in [0.717, 1.165) is 42.7 Å². The molecular weight excluding hydrogens is 723 g/mol. The van der Waals surface area contributed by atoms with Gasteiger partial charge in [-0.05, 0) is 84.5 Å². The second-order valence-electron chi connectivity index (χ2n) is 15.8. The number of esters is 1. The van der Waals surface area contributed by atoms with E-state index < -0.39 is 46.3 Å². The van der Waals surface area contributed by atoms with Crippen molar-refractivity contribution >= 4 is 41.4 Å². The second-order valence-corrected chi connectivity index (χ2v) is 17.4. The maximum atomic E-state index is 14.8. The number of para-hydroxylation sites is 1. The highest BCUT2D eigenvalue weighted by atomic mass is 32.2. The number of aryl methyl sites for hydroxylation is 2. The first-order valence-corrected chi connectivity index (χ1v) is 20.1. The summed E-state index contributed by atoms with van der Waals surface area (Å²) in [6.45, 7) is 17.2. The highest BCUT2D eigenvalue weighted by Crippen LogP contribution is 2.40. The third kappa shape index (κ3) is 13.5. The molecule has 2 aliphatic heterocycles. The summed E-state index contributed by atoms with van der Waals surface area (Å²) in [5.41, 5.74) is 1.95. The number of thioether (sulfide) groups is 1. The van der Waals surface area contributed by atoms with Gasteiger partial charge in [-0.2, -0.15) is 0 Å². The zero-order valence-corrected chi connectivity index (χ0v) is 34.2. The van der Waals surface area contributed by atoms with Crippen molar-refractivity contribution in [2.24, 2.45) is 0 Å². The van der Waals surface area contributed by atoms with Crippen LogP contribution in [0, 0.1) is 13.8 Å². The first-order chi connectivity index (χ1) is 26.0. The zero-order valence-electron chi connectivity index (χ0n) is 33.4. The number of nitrogens with one attached hydrogen (secondary N) is 3. The van der Waals surface area contributed by atoms with Crippen LogP contribution in [0.1, 0.15) is 70.6 Å². The zero-order chi connectivity index (χ0) is 40.2. The number of carbonyl (C=O) groups excluding carboxylic acids is 5. The Morgan fingerprint density at radius 1 is 0.945 bits per heavy atom. The van der Waals surface area contributed by atoms with Crippen molar-refractivity contribution in [1.82, 2.24) is 25.8 Å². The van der Waals surface area contributed by atoms with Gasteiger partial charge in [-0.25, -0.2) is 0 Å². The monoisotopic (exact) mass is 781 g/mol. The molecule has 0 aromatic heterocycles. The lowest BCUT2D eigenvalue weighted by Crippen LogP contribution is -2.61. The van der Waals surface area contributed by atoms with Crippen molar-refractivity contribution in [2.45, 2.75) is 103 Å². The Hall–Kier alpha value is -4.14. The molecule has 0 aliphatic carbocycles. The standard InChI is InChI=1S/C41H59N5O8S/c1-28-13-11-14-29(2)35(28)53-26-33(48)43-31(25-30-15-9-8-10-16-30)36(39(51)46-27-55-41(6,7)37(46)38(50)44-40(3,4)5)54-34(49)18-17-32(47)42-19-12-20-45-21-23-52-24-22-45/h8-11,13-16,31,36-37H,12,17-27H2,1-7H3,(H,42,47)(H,43,48)(H,44,50)/t31-,36-,37+/m0/s1. The molecule has 3 atom stereocenters. The van der Waals surface area contributed by atoms with Crippen LogP contribution >= 0.6 is 11.8 Å². The van der Waals surface area contributed by atoms with Crippen LogP contribution in [0.3, 0.4) is 0 Å². The lowest BCUT2D eigenvalue weighted by molar-refractivity contribution is -0.164. The Labute approximate surface area is 330 Å². The smallest absolute Gasteiger partial charge is 0.307 e. The molecule has 14 heteroatoms. The number of rotatable bonds is 17. The predicted molar refractivity (Wildman–Crippen MR) is 213 cm³/mol. The molecule has 55 heavy (non-hydrogen) atoms. The fraction of sp³-hybridized carbons (Fsp3) is 0.585. The number of carbonyl (C=O) groups is 5. The summed E-state index contributed by atoms with van der Waals surface area (Å²) in [6, 6.07) is 13.0. The minimum atomic E-state index is -1.52. The van der Waals surface area contributed by atoms with Crippen molar-refractivity contribution in [3.8, 4) is 5.75 Å². The maximum absolute atomic E-state index is 14.8. The van der Waals surface area contributed by atoms with E-state index in [9.17, 15) is 24.0 Å². The summed E-state index contributed by atoms with van der Waals surface area (Å²) in [7, 11) is 0. The normalized spacial score (nSPS) is 18.2. The molecule has 2 aromatic rings. The van der Waals surface area contributed by atoms with Gasteiger partial charge in [0.1, 0.15) is 11.8 Å². The lowest BCUT2D eigenvalue weighted by Gasteiger charge is -2.36. The van der Waals surface area contributed by atoms with Crippen molar-refractivity contribution in [3.05, 3.63) is 65.2 Å². The number of hydrogen-bond acceptors (Lipinski definition) is 10. The predicted octanol–water partition coefficient (Wildman–Crippen LogP) is 3.54. The van der Waals surface area contributed by atoms with Crippen LogP contribution in [0.25, 0.3) is 0 Å². The summed E-state index contributed by atoms with van der Waals surface area (Å²) < 4.78 is 16.6. The average Bonchev–Trinajstić information content (AvgIpc) is 3.45. The summed E-state index contributed by atoms with van der Waals surface area (Å²) in [6.07, 6.45) is -1.05. The van der Waals surface area contributed by atoms with Gasteiger partial charge >= 0.3 is 5.97 Å². The van der Waals surface area contributed by atoms with Gasteiger partial charge in [-0.1, -0.05) is 48.5 Å². The maximum Gasteiger partial charge on any atom is 0.307 e. The van der Waals surface area contributed by atoms with Crippen LogP contribution in [0.5, 0.6) is 5.75 Å². The molecule has 2 fully saturated rings. The van der Waals surface area contributed by atoms with E-state index >= 15 is 0 Å². The summed E-state index contributed by atoms with van der Waals surface area (Å²) in [5.74, 6) is -1.82. The number of hydrogen-bond donors (Lipinski definition) is 3. The van der Waals surface area contributed by atoms with Gasteiger partial charge in [-0.3, -0.25) is 28.9 Å². The summed E-state index contributed by atoms with van der Waals surface area (Å²) in [4.78, 5) is 72.1. The Morgan fingerprint density at radius 3 is 2.27 bits per heavy atom. The van der Waals surface area contributed by atoms with Gasteiger partial charge in [0, 0.05) is 36.3 Å². The molecule has 0 saturated carbocycles. The van der Waals surface area contributed by atoms with Gasteiger partial charge in [0.05, 0.1) is 31.6 Å². The molecule has 0 unspecified atom stereocenters. The van der Waals surface area contributed by atoms with Crippen LogP contribution < -0.4 is 20.7 Å². The van der Waals surface area contributed by atoms with Gasteiger partial charge in [-0.15, -0.1) is 11.8 Å². The molecule has 13 nitrogen and oxygen atoms in total. The fourth-order valence-corrected chi connectivity index (χ4v) is 7.83. The largest absolute Gasteiger partial charge is 0.483 e. The Bertz CT molecular complexity index is 1610. The first-order valence-electron chi connectivity index (χ1n) is 19.1. The van der Waals surface area contributed by atoms with Crippen molar-refractivity contribution < 1.29 is 38.2 Å². The van der Waals surface area contributed by atoms with E-state index in [1.807, 2.05) is 97.0 Å². The highest BCUT2D eigenvalue weighted by molar-refractivity contribution is 8.00. The van der Waals surface area contributed by atoms with Crippen molar-refractivity contribution in [2.75, 3.05) is 51.9 Å². The van der Waals surface area contributed by atoms with E-state index in [-0.39, 0.29) is 43.6 Å². The molecule has 2 aromatic carbocycles. The van der Waals surface area contributed by atoms with E-state index in [4.69, 9.17) is 14.2 Å². The topological polar surface area (TPSA) is 156 Å². The van der Waals surface area contributed by atoms with Gasteiger partial charge < -0.3 is 35.1 Å². The first kappa shape index (κ1) is 43.6. The quantitative estimate of drug-likeness (QED) is 0.160. The lowest BCUT2D eigenvalue weighted by atomic mass is 9.96. The Kier molecular flexibility index (Phi) is 16.0. The van der Waals surface area contributed by atoms with E-state index in [1.54, 1.807) is 0 Å². The molecule has 4 rings (SSSR count). The fourth-order valence-electron chi connectivity index (χ4n) is 6.69. The molecule has 3 N–H and O–H groups in total. The Balaban J connectivity index is 1.55. The third-order valence-corrected chi connectivity index (χ3v) is 10.9. The molecule has 0 radical (unpaired) electrons. The number of nitrogens with zero attached hydrogens (tertiary/aromatic N) is 2. The molecule has 2 aliphatic rings. The third-order valence-electron chi connectivity index (χ3n) is 9.48. The SMILES string of the molecule is Cc1cccc(C)c1OCC(=O)N[C@@H](Cc1ccccc1)[C@H](OC(=O)CCC(=O)NCCCN1CCOCC1)C(=O)N1CSC(C)(C)[C@H]1C(=O)NC(C)(C)C. The van der Waals surface area contributed by atoms with Crippen LogP contribution in [-0.2, 0) is 39.9 Å². The van der Waals surface area contributed by atoms with Crippen LogP contribution in [0.15, 0.2) is 48.5 Å². The van der Waals surface area contributed by atoms with E-state index in [1.165, 1.54) is 16.7 Å². The molecule has 2 saturated heterocycles. The highest BCUT2D eigenvalue weighted by Gasteiger charge is 2.51. The summed E-state index contributed by atoms with van der Waals surface area (Å²) >= 11 is 1.44. The number of ether oxygens (including phenoxy) is 3. The molecule has 302 valence electrons. The van der Waals surface area contributed by atoms with Gasteiger partial charge in [0.25, 0.3) is 11.8 Å². The van der Waals surface area contributed by atoms with Crippen LogP contribution in [-0.4, -0.2) is 120 Å². The van der Waals surface area contributed by atoms with Gasteiger partial charge in [0.15, 0.2) is 6.61 Å². The molecule has 4 amide bonds. The van der Waals surface area contributed by atoms with Crippen molar-refractivity contribution in [1.29, 1.82) is 0 Å². The van der Waals surface area contributed by atoms with E-state index in [2.05, 4.69) is 20.9 Å². The number of morpholine rings is 1. The molecular formula is C41H59N5O8S. The molecule has 0 spiro atoms. The molecule has 0 bridgehead atoms. The number of benzene rings is 2. The second kappa shape index (κ2) is 20.1. The minimum Gasteiger partial charge on any atom is -0.483 e. The Morgan fingerprint density at radius 2 is 1.62 bits per heavy atom. The molecule has 2 heterocycles. The van der Waals surface area contributed by atoms with Gasteiger partial charge in [0.2, 0.25) is 17.9 Å². The van der Waals surface area contributed by atoms with Crippen LogP contribution in [0.2, 0.25) is 0 Å². The van der Waals surface area contributed by atoms with Crippen LogP contribution in [0.4, 0.5) is 0 Å². The van der Waals surface area contributed by atoms with E-state index in [0.29, 0.717) is 25.5 Å². The minimum absolute atomic E-state index is 0.131. The summed E-state index contributed by atoms with van der Waals surface area (Å²) in [5, 5.41) is 8.79.